The van der Waals surface area contributed by atoms with Gasteiger partial charge in [-0.3, -0.25) is 14.9 Å². The molecule has 6 heteroatoms. The van der Waals surface area contributed by atoms with Crippen LogP contribution in [0.2, 0.25) is 0 Å². The van der Waals surface area contributed by atoms with E-state index in [4.69, 9.17) is 0 Å². The quantitative estimate of drug-likeness (QED) is 0.694. The van der Waals surface area contributed by atoms with Gasteiger partial charge in [-0.25, -0.2) is 4.79 Å². The van der Waals surface area contributed by atoms with E-state index in [-0.39, 0.29) is 11.8 Å². The van der Waals surface area contributed by atoms with Crippen LogP contribution < -0.4 is 16.0 Å². The summed E-state index contributed by atoms with van der Waals surface area (Å²) in [4.78, 5) is 34.6. The summed E-state index contributed by atoms with van der Waals surface area (Å²) in [6.07, 6.45) is 1.36. The molecule has 1 fully saturated rings. The molecule has 1 aromatic rings. The highest BCUT2D eigenvalue weighted by molar-refractivity contribution is 6.07. The van der Waals surface area contributed by atoms with Crippen molar-refractivity contribution in [3.05, 3.63) is 29.3 Å². The zero-order chi connectivity index (χ0) is 14.3. The van der Waals surface area contributed by atoms with Crippen LogP contribution in [0.5, 0.6) is 0 Å². The van der Waals surface area contributed by atoms with Gasteiger partial charge in [0.15, 0.2) is 0 Å². The molecule has 2 aliphatic rings. The third-order valence-electron chi connectivity index (χ3n) is 3.81. The Bertz CT molecular complexity index is 626. The molecule has 0 saturated carbocycles. The van der Waals surface area contributed by atoms with E-state index in [1.807, 2.05) is 18.2 Å². The molecular formula is C14H15N3O3. The van der Waals surface area contributed by atoms with Crippen LogP contribution in [-0.2, 0) is 22.4 Å². The molecule has 1 aliphatic heterocycles. The first-order chi connectivity index (χ1) is 9.52. The third kappa shape index (κ3) is 1.93. The molecule has 6 nitrogen and oxygen atoms in total. The Morgan fingerprint density at radius 2 is 2.05 bits per heavy atom. The standard InChI is InChI=1S/C14H15N3O3/c1-2-11(18)15-10-4-3-8-6-14(7-9(8)5-10)12(19)16-13(20)17-14/h3-5H,2,6-7H2,1H3,(H,15,18)(H2,16,17,19,20). The van der Waals surface area contributed by atoms with Gasteiger partial charge in [-0.15, -0.1) is 0 Å². The highest BCUT2D eigenvalue weighted by atomic mass is 16.2. The van der Waals surface area contributed by atoms with E-state index < -0.39 is 11.6 Å². The van der Waals surface area contributed by atoms with Crippen molar-refractivity contribution in [2.45, 2.75) is 31.7 Å². The van der Waals surface area contributed by atoms with Gasteiger partial charge in [0.1, 0.15) is 5.54 Å². The zero-order valence-corrected chi connectivity index (χ0v) is 11.1. The fourth-order valence-electron chi connectivity index (χ4n) is 2.78. The second-order valence-electron chi connectivity index (χ2n) is 5.23. The molecule has 104 valence electrons. The third-order valence-corrected chi connectivity index (χ3v) is 3.81. The summed E-state index contributed by atoms with van der Waals surface area (Å²) in [6.45, 7) is 1.79. The Morgan fingerprint density at radius 3 is 2.70 bits per heavy atom. The summed E-state index contributed by atoms with van der Waals surface area (Å²) in [5, 5.41) is 7.79. The Labute approximate surface area is 115 Å². The van der Waals surface area contributed by atoms with Gasteiger partial charge in [-0.1, -0.05) is 13.0 Å². The molecule has 1 atom stereocenters. The van der Waals surface area contributed by atoms with Crippen LogP contribution in [0.15, 0.2) is 18.2 Å². The van der Waals surface area contributed by atoms with Crippen LogP contribution >= 0.6 is 0 Å². The number of benzene rings is 1. The fourth-order valence-corrected chi connectivity index (χ4v) is 2.78. The molecule has 0 aromatic heterocycles. The lowest BCUT2D eigenvalue weighted by atomic mass is 9.96. The minimum Gasteiger partial charge on any atom is -0.326 e. The second-order valence-corrected chi connectivity index (χ2v) is 5.23. The number of fused-ring (bicyclic) bond motifs is 1. The summed E-state index contributed by atoms with van der Waals surface area (Å²) in [6, 6.07) is 5.14. The molecule has 1 heterocycles. The van der Waals surface area contributed by atoms with Gasteiger partial charge in [0, 0.05) is 24.9 Å². The first kappa shape index (κ1) is 12.7. The molecule has 1 aromatic carbocycles. The van der Waals surface area contributed by atoms with Gasteiger partial charge in [-0.2, -0.15) is 0 Å². The predicted molar refractivity (Wildman–Crippen MR) is 72.2 cm³/mol. The lowest BCUT2D eigenvalue weighted by Crippen LogP contribution is -2.47. The van der Waals surface area contributed by atoms with Crippen molar-refractivity contribution in [1.82, 2.24) is 10.6 Å². The van der Waals surface area contributed by atoms with E-state index in [2.05, 4.69) is 16.0 Å². The van der Waals surface area contributed by atoms with E-state index in [0.29, 0.717) is 19.3 Å². The largest absolute Gasteiger partial charge is 0.326 e. The summed E-state index contributed by atoms with van der Waals surface area (Å²) < 4.78 is 0. The van der Waals surface area contributed by atoms with E-state index in [9.17, 15) is 14.4 Å². The van der Waals surface area contributed by atoms with Crippen molar-refractivity contribution >= 4 is 23.5 Å². The summed E-state index contributed by atoms with van der Waals surface area (Å²) >= 11 is 0. The maximum Gasteiger partial charge on any atom is 0.322 e. The van der Waals surface area contributed by atoms with Gasteiger partial charge >= 0.3 is 6.03 Å². The van der Waals surface area contributed by atoms with Crippen molar-refractivity contribution in [3.63, 3.8) is 0 Å². The number of imide groups is 1. The Morgan fingerprint density at radius 1 is 1.30 bits per heavy atom. The van der Waals surface area contributed by atoms with Gasteiger partial charge in [0.05, 0.1) is 0 Å². The van der Waals surface area contributed by atoms with Crippen molar-refractivity contribution in [2.75, 3.05) is 5.32 Å². The first-order valence-electron chi connectivity index (χ1n) is 6.58. The molecule has 1 unspecified atom stereocenters. The Balaban J connectivity index is 1.85. The lowest BCUT2D eigenvalue weighted by molar-refractivity contribution is -0.123. The van der Waals surface area contributed by atoms with Gasteiger partial charge in [0.25, 0.3) is 5.91 Å². The average molecular weight is 273 g/mol. The topological polar surface area (TPSA) is 87.3 Å². The molecule has 3 N–H and O–H groups in total. The maximum atomic E-state index is 11.9. The highest BCUT2D eigenvalue weighted by Gasteiger charge is 2.49. The molecular weight excluding hydrogens is 258 g/mol. The summed E-state index contributed by atoms with van der Waals surface area (Å²) in [7, 11) is 0. The normalized spacial score (nSPS) is 23.4. The van der Waals surface area contributed by atoms with Gasteiger partial charge in [-0.05, 0) is 23.3 Å². The van der Waals surface area contributed by atoms with Crippen molar-refractivity contribution in [3.8, 4) is 0 Å². The monoisotopic (exact) mass is 273 g/mol. The predicted octanol–water partition coefficient (Wildman–Crippen LogP) is 0.712. The van der Waals surface area contributed by atoms with Crippen LogP contribution in [0, 0.1) is 0 Å². The number of urea groups is 1. The Kier molecular flexibility index (Phi) is 2.74. The average Bonchev–Trinajstić information content (AvgIpc) is 2.89. The van der Waals surface area contributed by atoms with Gasteiger partial charge < -0.3 is 10.6 Å². The number of anilines is 1. The molecule has 1 spiro atoms. The lowest BCUT2D eigenvalue weighted by Gasteiger charge is -2.18. The summed E-state index contributed by atoms with van der Waals surface area (Å²) in [5.74, 6) is -0.331. The van der Waals surface area contributed by atoms with E-state index in [0.717, 1.165) is 16.8 Å². The molecule has 0 bridgehead atoms. The van der Waals surface area contributed by atoms with E-state index in [1.165, 1.54) is 0 Å². The maximum absolute atomic E-state index is 11.9. The van der Waals surface area contributed by atoms with Crippen LogP contribution in [-0.4, -0.2) is 23.4 Å². The molecule has 4 amide bonds. The van der Waals surface area contributed by atoms with Crippen LogP contribution in [0.4, 0.5) is 10.5 Å². The number of carbonyl (C=O) groups is 3. The van der Waals surface area contributed by atoms with Crippen LogP contribution in [0.3, 0.4) is 0 Å². The highest BCUT2D eigenvalue weighted by Crippen LogP contribution is 2.33. The molecule has 0 radical (unpaired) electrons. The SMILES string of the molecule is CCC(=O)Nc1ccc2c(c1)CC1(C2)NC(=O)NC1=O. The Hall–Kier alpha value is -2.37. The van der Waals surface area contributed by atoms with E-state index >= 15 is 0 Å². The molecule has 1 saturated heterocycles. The number of hydrogen-bond acceptors (Lipinski definition) is 3. The fraction of sp³-hybridized carbons (Fsp3) is 0.357. The van der Waals surface area contributed by atoms with Crippen LogP contribution in [0.25, 0.3) is 0 Å². The van der Waals surface area contributed by atoms with Crippen molar-refractivity contribution < 1.29 is 14.4 Å². The number of amides is 4. The number of hydrogen-bond donors (Lipinski definition) is 3. The summed E-state index contributed by atoms with van der Waals surface area (Å²) in [5.41, 5.74) is 1.87. The minimum absolute atomic E-state index is 0.0513. The first-order valence-corrected chi connectivity index (χ1v) is 6.58. The number of carbonyl (C=O) groups excluding carboxylic acids is 3. The molecule has 3 rings (SSSR count). The van der Waals surface area contributed by atoms with Crippen LogP contribution in [0.1, 0.15) is 24.5 Å². The molecule has 20 heavy (non-hydrogen) atoms. The second kappa shape index (κ2) is 4.33. The number of rotatable bonds is 2. The van der Waals surface area contributed by atoms with Crippen molar-refractivity contribution in [2.24, 2.45) is 0 Å². The minimum atomic E-state index is -0.854. The number of nitrogens with one attached hydrogen (secondary N) is 3. The zero-order valence-electron chi connectivity index (χ0n) is 11.1. The van der Waals surface area contributed by atoms with Gasteiger partial charge in [0.2, 0.25) is 5.91 Å². The van der Waals surface area contributed by atoms with E-state index in [1.54, 1.807) is 6.92 Å². The molecule has 1 aliphatic carbocycles. The smallest absolute Gasteiger partial charge is 0.322 e. The van der Waals surface area contributed by atoms with Crippen molar-refractivity contribution in [1.29, 1.82) is 0 Å².